The van der Waals surface area contributed by atoms with Crippen molar-refractivity contribution < 1.29 is 17.6 Å². The lowest BCUT2D eigenvalue weighted by molar-refractivity contribution is -0.121. The number of carbonyl (C=O) groups is 1. The van der Waals surface area contributed by atoms with E-state index in [4.69, 9.17) is 0 Å². The second-order valence-electron chi connectivity index (χ2n) is 5.42. The Morgan fingerprint density at radius 1 is 1.16 bits per heavy atom. The molecule has 0 saturated heterocycles. The maximum Gasteiger partial charge on any atom is 0.255 e. The van der Waals surface area contributed by atoms with Crippen LogP contribution in [-0.2, 0) is 14.8 Å². The van der Waals surface area contributed by atoms with Gasteiger partial charge in [-0.25, -0.2) is 18.2 Å². The Morgan fingerprint density at radius 2 is 1.76 bits per heavy atom. The molecule has 2 rings (SSSR count). The van der Waals surface area contributed by atoms with E-state index in [1.54, 1.807) is 12.1 Å². The summed E-state index contributed by atoms with van der Waals surface area (Å²) in [4.78, 5) is 12.0. The molecule has 0 aliphatic rings. The third-order valence-corrected chi connectivity index (χ3v) is 5.19. The smallest absolute Gasteiger partial charge is 0.255 e. The molecule has 0 aliphatic heterocycles. The third kappa shape index (κ3) is 5.20. The van der Waals surface area contributed by atoms with Crippen LogP contribution < -0.4 is 5.43 Å². The number of hydrogen-bond acceptors (Lipinski definition) is 4. The van der Waals surface area contributed by atoms with Gasteiger partial charge in [0, 0.05) is 7.05 Å². The largest absolute Gasteiger partial charge is 0.272 e. The van der Waals surface area contributed by atoms with Gasteiger partial charge in [-0.2, -0.15) is 9.41 Å². The Kier molecular flexibility index (Phi) is 6.00. The van der Waals surface area contributed by atoms with Crippen LogP contribution in [0.25, 0.3) is 0 Å². The predicted octanol–water partition coefficient (Wildman–Crippen LogP) is 1.90. The summed E-state index contributed by atoms with van der Waals surface area (Å²) < 4.78 is 38.5. The quantitative estimate of drug-likeness (QED) is 0.629. The number of halogens is 1. The highest BCUT2D eigenvalue weighted by Gasteiger charge is 2.22. The number of carbonyl (C=O) groups excluding carboxylic acids is 1. The van der Waals surface area contributed by atoms with Crippen molar-refractivity contribution in [1.82, 2.24) is 9.73 Å². The van der Waals surface area contributed by atoms with E-state index in [9.17, 15) is 17.6 Å². The van der Waals surface area contributed by atoms with Crippen molar-refractivity contribution in [2.75, 3.05) is 13.6 Å². The molecule has 0 saturated carbocycles. The van der Waals surface area contributed by atoms with Crippen LogP contribution in [0.4, 0.5) is 4.39 Å². The second kappa shape index (κ2) is 8.00. The number of rotatable bonds is 6. The van der Waals surface area contributed by atoms with Gasteiger partial charge in [0.2, 0.25) is 10.0 Å². The zero-order valence-corrected chi connectivity index (χ0v) is 14.6. The van der Waals surface area contributed by atoms with Gasteiger partial charge in [0.25, 0.3) is 5.91 Å². The third-order valence-electron chi connectivity index (χ3n) is 3.37. The number of likely N-dealkylation sites (N-methyl/N-ethyl adjacent to an activating group) is 1. The van der Waals surface area contributed by atoms with Gasteiger partial charge in [-0.1, -0.05) is 29.8 Å². The normalized spacial score (nSPS) is 11.8. The van der Waals surface area contributed by atoms with Gasteiger partial charge in [-0.3, -0.25) is 4.79 Å². The van der Waals surface area contributed by atoms with Crippen LogP contribution in [0.15, 0.2) is 58.5 Å². The molecular formula is C17H18FN3O3S. The Hall–Kier alpha value is -2.58. The minimum absolute atomic E-state index is 0.114. The molecule has 0 fully saturated rings. The van der Waals surface area contributed by atoms with Crippen molar-refractivity contribution >= 4 is 22.1 Å². The number of aryl methyl sites for hydroxylation is 1. The Bertz CT molecular complexity index is 863. The zero-order chi connectivity index (χ0) is 18.4. The van der Waals surface area contributed by atoms with Crippen LogP contribution in [-0.4, -0.2) is 38.4 Å². The van der Waals surface area contributed by atoms with Gasteiger partial charge in [0.15, 0.2) is 0 Å². The Morgan fingerprint density at radius 3 is 2.36 bits per heavy atom. The summed E-state index contributed by atoms with van der Waals surface area (Å²) in [6, 6.07) is 11.9. The molecule has 1 N–H and O–H groups in total. The van der Waals surface area contributed by atoms with Gasteiger partial charge in [-0.05, 0) is 36.8 Å². The van der Waals surface area contributed by atoms with Crippen LogP contribution in [0.3, 0.4) is 0 Å². The number of benzene rings is 2. The molecule has 0 aromatic heterocycles. The van der Waals surface area contributed by atoms with Crippen LogP contribution in [0.5, 0.6) is 0 Å². The summed E-state index contributed by atoms with van der Waals surface area (Å²) in [6.45, 7) is 1.48. The summed E-state index contributed by atoms with van der Waals surface area (Å²) >= 11 is 0. The van der Waals surface area contributed by atoms with Crippen molar-refractivity contribution in [2.24, 2.45) is 5.10 Å². The van der Waals surface area contributed by atoms with Gasteiger partial charge in [-0.15, -0.1) is 0 Å². The molecule has 2 aromatic carbocycles. The van der Waals surface area contributed by atoms with Crippen molar-refractivity contribution in [2.45, 2.75) is 11.8 Å². The van der Waals surface area contributed by atoms with Gasteiger partial charge < -0.3 is 0 Å². The molecule has 8 heteroatoms. The molecule has 2 aromatic rings. The molecule has 0 bridgehead atoms. The molecular weight excluding hydrogens is 345 g/mol. The highest BCUT2D eigenvalue weighted by molar-refractivity contribution is 7.89. The molecule has 0 unspecified atom stereocenters. The second-order valence-corrected chi connectivity index (χ2v) is 7.46. The number of amides is 1. The van der Waals surface area contributed by atoms with E-state index in [0.29, 0.717) is 5.56 Å². The number of hydrazone groups is 1. The van der Waals surface area contributed by atoms with E-state index < -0.39 is 15.9 Å². The van der Waals surface area contributed by atoms with E-state index in [1.165, 1.54) is 49.7 Å². The van der Waals surface area contributed by atoms with Crippen LogP contribution in [0, 0.1) is 12.7 Å². The fourth-order valence-corrected chi connectivity index (χ4v) is 3.07. The maximum absolute atomic E-state index is 12.8. The maximum atomic E-state index is 12.8. The first-order valence-electron chi connectivity index (χ1n) is 7.39. The average molecular weight is 363 g/mol. The van der Waals surface area contributed by atoms with E-state index in [0.717, 1.165) is 9.87 Å². The lowest BCUT2D eigenvalue weighted by Crippen LogP contribution is -2.36. The molecule has 6 nitrogen and oxygen atoms in total. The molecule has 0 aliphatic carbocycles. The number of sulfonamides is 1. The SMILES string of the molecule is Cc1ccc(S(=O)(=O)N(C)CC(=O)N/N=C/c2ccc(F)cc2)cc1. The molecule has 1 amide bonds. The highest BCUT2D eigenvalue weighted by atomic mass is 32.2. The summed E-state index contributed by atoms with van der Waals surface area (Å²) in [5.41, 5.74) is 3.78. The number of hydrogen-bond donors (Lipinski definition) is 1. The first-order valence-corrected chi connectivity index (χ1v) is 8.83. The molecule has 0 heterocycles. The molecule has 132 valence electrons. The standard InChI is InChI=1S/C17H18FN3O3S/c1-13-3-9-16(10-4-13)25(23,24)21(2)12-17(22)20-19-11-14-5-7-15(18)8-6-14/h3-11H,12H2,1-2H3,(H,20,22)/b19-11+. The van der Waals surface area contributed by atoms with Gasteiger partial charge >= 0.3 is 0 Å². The first kappa shape index (κ1) is 18.8. The summed E-state index contributed by atoms with van der Waals surface area (Å²) in [7, 11) is -2.44. The first-order chi connectivity index (χ1) is 11.8. The predicted molar refractivity (Wildman–Crippen MR) is 93.1 cm³/mol. The zero-order valence-electron chi connectivity index (χ0n) is 13.8. The fraction of sp³-hybridized carbons (Fsp3) is 0.176. The Labute approximate surface area is 146 Å². The topological polar surface area (TPSA) is 78.8 Å². The summed E-state index contributed by atoms with van der Waals surface area (Å²) in [5.74, 6) is -0.958. The number of nitrogens with zero attached hydrogens (tertiary/aromatic N) is 2. The van der Waals surface area contributed by atoms with Crippen LogP contribution in [0.2, 0.25) is 0 Å². The monoisotopic (exact) mass is 363 g/mol. The minimum Gasteiger partial charge on any atom is -0.272 e. The van der Waals surface area contributed by atoms with E-state index >= 15 is 0 Å². The lowest BCUT2D eigenvalue weighted by Gasteiger charge is -2.16. The van der Waals surface area contributed by atoms with Crippen molar-refractivity contribution in [3.8, 4) is 0 Å². The minimum atomic E-state index is -3.75. The van der Waals surface area contributed by atoms with Crippen molar-refractivity contribution in [3.05, 3.63) is 65.5 Å². The highest BCUT2D eigenvalue weighted by Crippen LogP contribution is 2.14. The van der Waals surface area contributed by atoms with Gasteiger partial charge in [0.05, 0.1) is 17.7 Å². The molecule has 0 radical (unpaired) electrons. The van der Waals surface area contributed by atoms with Crippen LogP contribution in [0.1, 0.15) is 11.1 Å². The van der Waals surface area contributed by atoms with E-state index in [1.807, 2.05) is 6.92 Å². The lowest BCUT2D eigenvalue weighted by atomic mass is 10.2. The summed E-state index contributed by atoms with van der Waals surface area (Å²) in [5, 5.41) is 3.72. The van der Waals surface area contributed by atoms with E-state index in [-0.39, 0.29) is 17.3 Å². The van der Waals surface area contributed by atoms with Gasteiger partial charge in [0.1, 0.15) is 5.82 Å². The molecule has 0 atom stereocenters. The van der Waals surface area contributed by atoms with Crippen molar-refractivity contribution in [1.29, 1.82) is 0 Å². The summed E-state index contributed by atoms with van der Waals surface area (Å²) in [6.07, 6.45) is 1.34. The average Bonchev–Trinajstić information content (AvgIpc) is 2.57. The Balaban J connectivity index is 1.95. The van der Waals surface area contributed by atoms with Crippen molar-refractivity contribution in [3.63, 3.8) is 0 Å². The fourth-order valence-electron chi connectivity index (χ4n) is 1.94. The van der Waals surface area contributed by atoms with E-state index in [2.05, 4.69) is 10.5 Å². The number of nitrogens with one attached hydrogen (secondary N) is 1. The molecule has 0 spiro atoms. The van der Waals surface area contributed by atoms with Crippen LogP contribution >= 0.6 is 0 Å². The molecule has 25 heavy (non-hydrogen) atoms.